The maximum absolute atomic E-state index is 13.2. The van der Waals surface area contributed by atoms with Crippen LogP contribution in [0.4, 0.5) is 5.69 Å². The van der Waals surface area contributed by atoms with Gasteiger partial charge >= 0.3 is 0 Å². The van der Waals surface area contributed by atoms with Crippen LogP contribution in [0.3, 0.4) is 0 Å². The molecule has 0 spiro atoms. The van der Waals surface area contributed by atoms with Crippen molar-refractivity contribution in [2.45, 2.75) is 75.1 Å². The van der Waals surface area contributed by atoms with Gasteiger partial charge in [0.2, 0.25) is 21.8 Å². The first-order valence-electron chi connectivity index (χ1n) is 10.5. The third-order valence-electron chi connectivity index (χ3n) is 7.07. The number of carbonyl (C=O) groups excluding carboxylic acids is 2. The molecule has 4 fully saturated rings. The van der Waals surface area contributed by atoms with E-state index in [1.807, 2.05) is 13.8 Å². The Bertz CT molecular complexity index is 922. The summed E-state index contributed by atoms with van der Waals surface area (Å²) in [5.74, 6) is -1.22. The van der Waals surface area contributed by atoms with E-state index in [1.165, 1.54) is 17.0 Å². The summed E-state index contributed by atoms with van der Waals surface area (Å²) in [7, 11) is -3.63. The summed E-state index contributed by atoms with van der Waals surface area (Å²) >= 11 is 0. The second-order valence-electron chi connectivity index (χ2n) is 8.81. The number of hydrogen-bond donors (Lipinski definition) is 0. The first kappa shape index (κ1) is 19.2. The number of carbonyl (C=O) groups is 2. The fourth-order valence-corrected chi connectivity index (χ4v) is 7.61. The Morgan fingerprint density at radius 1 is 0.862 bits per heavy atom. The van der Waals surface area contributed by atoms with Gasteiger partial charge in [-0.1, -0.05) is 6.42 Å². The molecule has 0 unspecified atom stereocenters. The van der Waals surface area contributed by atoms with Crippen LogP contribution in [0, 0.1) is 11.8 Å². The Labute approximate surface area is 171 Å². The minimum atomic E-state index is -3.63. The first-order valence-corrected chi connectivity index (χ1v) is 11.9. The maximum Gasteiger partial charge on any atom is 0.243 e. The molecule has 6 atom stereocenters. The summed E-state index contributed by atoms with van der Waals surface area (Å²) in [6, 6.07) is 6.09. The van der Waals surface area contributed by atoms with Crippen LogP contribution in [-0.2, 0) is 24.3 Å². The lowest BCUT2D eigenvalue weighted by Gasteiger charge is -2.37. The van der Waals surface area contributed by atoms with Crippen LogP contribution in [0.15, 0.2) is 29.2 Å². The fourth-order valence-electron chi connectivity index (χ4n) is 5.73. The molecule has 0 saturated carbocycles. The van der Waals surface area contributed by atoms with Gasteiger partial charge in [0, 0.05) is 12.1 Å². The van der Waals surface area contributed by atoms with E-state index >= 15 is 0 Å². The van der Waals surface area contributed by atoms with Crippen LogP contribution in [0.2, 0.25) is 0 Å². The van der Waals surface area contributed by atoms with Gasteiger partial charge in [-0.15, -0.1) is 0 Å². The number of ether oxygens (including phenoxy) is 1. The van der Waals surface area contributed by atoms with Gasteiger partial charge in [-0.25, -0.2) is 13.3 Å². The Hall–Kier alpha value is -1.77. The second-order valence-corrected chi connectivity index (χ2v) is 10.7. The maximum atomic E-state index is 13.2. The predicted molar refractivity (Wildman–Crippen MR) is 106 cm³/mol. The number of sulfonamides is 1. The zero-order chi connectivity index (χ0) is 20.5. The molecule has 2 amide bonds. The van der Waals surface area contributed by atoms with Gasteiger partial charge in [0.25, 0.3) is 0 Å². The molecule has 2 bridgehead atoms. The van der Waals surface area contributed by atoms with Crippen molar-refractivity contribution in [2.24, 2.45) is 11.8 Å². The Kier molecular flexibility index (Phi) is 4.38. The zero-order valence-electron chi connectivity index (χ0n) is 16.7. The molecule has 156 valence electrons. The van der Waals surface area contributed by atoms with Crippen LogP contribution >= 0.6 is 0 Å². The summed E-state index contributed by atoms with van der Waals surface area (Å²) in [4.78, 5) is 27.2. The Morgan fingerprint density at radius 2 is 1.38 bits per heavy atom. The molecular weight excluding hydrogens is 392 g/mol. The summed E-state index contributed by atoms with van der Waals surface area (Å²) in [6.07, 6.45) is 4.06. The molecule has 1 aromatic carbocycles. The molecule has 0 N–H and O–H groups in total. The number of amides is 2. The number of anilines is 1. The van der Waals surface area contributed by atoms with Crippen molar-refractivity contribution in [3.8, 4) is 0 Å². The summed E-state index contributed by atoms with van der Waals surface area (Å²) in [5, 5.41) is 0. The van der Waals surface area contributed by atoms with Crippen LogP contribution in [-0.4, -0.2) is 48.8 Å². The molecule has 5 rings (SSSR count). The molecular formula is C21H26N2O5S. The number of nitrogens with zero attached hydrogens (tertiary/aromatic N) is 2. The van der Waals surface area contributed by atoms with E-state index in [0.29, 0.717) is 5.69 Å². The van der Waals surface area contributed by atoms with E-state index in [0.717, 1.165) is 32.1 Å². The van der Waals surface area contributed by atoms with E-state index in [2.05, 4.69) is 0 Å². The van der Waals surface area contributed by atoms with Crippen LogP contribution in [0.5, 0.6) is 0 Å². The smallest absolute Gasteiger partial charge is 0.243 e. The quantitative estimate of drug-likeness (QED) is 0.704. The first-order chi connectivity index (χ1) is 13.8. The predicted octanol–water partition coefficient (Wildman–Crippen LogP) is 2.30. The second kappa shape index (κ2) is 6.62. The van der Waals surface area contributed by atoms with E-state index < -0.39 is 10.0 Å². The van der Waals surface area contributed by atoms with Gasteiger partial charge in [0.1, 0.15) is 0 Å². The number of fused-ring (bicyclic) bond motifs is 5. The third-order valence-corrected chi connectivity index (χ3v) is 9.21. The van der Waals surface area contributed by atoms with E-state index in [-0.39, 0.29) is 52.8 Å². The van der Waals surface area contributed by atoms with Gasteiger partial charge in [-0.3, -0.25) is 9.59 Å². The Morgan fingerprint density at radius 3 is 1.90 bits per heavy atom. The Balaban J connectivity index is 1.42. The molecule has 4 heterocycles. The normalized spacial score (nSPS) is 37.4. The number of benzene rings is 1. The van der Waals surface area contributed by atoms with Gasteiger partial charge in [-0.2, -0.15) is 4.31 Å². The van der Waals surface area contributed by atoms with E-state index in [4.69, 9.17) is 4.74 Å². The van der Waals surface area contributed by atoms with Gasteiger partial charge < -0.3 is 4.74 Å². The highest BCUT2D eigenvalue weighted by molar-refractivity contribution is 7.89. The topological polar surface area (TPSA) is 84.0 Å². The zero-order valence-corrected chi connectivity index (χ0v) is 17.5. The monoisotopic (exact) mass is 418 g/mol. The van der Waals surface area contributed by atoms with Crippen molar-refractivity contribution >= 4 is 27.5 Å². The van der Waals surface area contributed by atoms with Crippen molar-refractivity contribution in [3.05, 3.63) is 24.3 Å². The SMILES string of the molecule is C[C@@H]1CCC[C@@H](C)N1S(=O)(=O)c1ccc(N2C(=O)[C@@H]3[C@H](C2=O)[C@@H]2CC[C@@H]3O2)cc1. The van der Waals surface area contributed by atoms with Gasteiger partial charge in [-0.05, 0) is 63.8 Å². The lowest BCUT2D eigenvalue weighted by molar-refractivity contribution is -0.124. The molecule has 4 aliphatic heterocycles. The molecule has 0 aliphatic carbocycles. The van der Waals surface area contributed by atoms with E-state index in [1.54, 1.807) is 16.4 Å². The fraction of sp³-hybridized carbons (Fsp3) is 0.619. The highest BCUT2D eigenvalue weighted by atomic mass is 32.2. The summed E-state index contributed by atoms with van der Waals surface area (Å²) in [5.41, 5.74) is 0.437. The van der Waals surface area contributed by atoms with Crippen molar-refractivity contribution < 1.29 is 22.7 Å². The average Bonchev–Trinajstić information content (AvgIpc) is 3.35. The molecule has 4 aliphatic rings. The highest BCUT2D eigenvalue weighted by Crippen LogP contribution is 2.49. The van der Waals surface area contributed by atoms with Crippen LogP contribution in [0.1, 0.15) is 46.0 Å². The lowest BCUT2D eigenvalue weighted by atomic mass is 9.81. The molecule has 0 aromatic heterocycles. The van der Waals surface area contributed by atoms with Gasteiger partial charge in [0.05, 0.1) is 34.6 Å². The molecule has 29 heavy (non-hydrogen) atoms. The number of imide groups is 1. The minimum absolute atomic E-state index is 0.0417. The van der Waals surface area contributed by atoms with E-state index in [9.17, 15) is 18.0 Å². The van der Waals surface area contributed by atoms with Crippen LogP contribution in [0.25, 0.3) is 0 Å². The minimum Gasteiger partial charge on any atom is -0.373 e. The number of rotatable bonds is 3. The molecule has 4 saturated heterocycles. The van der Waals surface area contributed by atoms with Gasteiger partial charge in [0.15, 0.2) is 0 Å². The van der Waals surface area contributed by atoms with Crippen molar-refractivity contribution in [3.63, 3.8) is 0 Å². The van der Waals surface area contributed by atoms with Crippen LogP contribution < -0.4 is 4.90 Å². The van der Waals surface area contributed by atoms with Crippen molar-refractivity contribution in [1.29, 1.82) is 0 Å². The number of hydrogen-bond acceptors (Lipinski definition) is 5. The molecule has 1 aromatic rings. The largest absolute Gasteiger partial charge is 0.373 e. The number of piperidine rings is 1. The van der Waals surface area contributed by atoms with Crippen molar-refractivity contribution in [2.75, 3.05) is 4.90 Å². The lowest BCUT2D eigenvalue weighted by Crippen LogP contribution is -2.47. The van der Waals surface area contributed by atoms with Crippen molar-refractivity contribution in [1.82, 2.24) is 4.31 Å². The summed E-state index contributed by atoms with van der Waals surface area (Å²) < 4.78 is 33.7. The average molecular weight is 419 g/mol. The summed E-state index contributed by atoms with van der Waals surface area (Å²) in [6.45, 7) is 3.89. The molecule has 7 nitrogen and oxygen atoms in total. The molecule has 8 heteroatoms. The molecule has 0 radical (unpaired) electrons. The standard InChI is InChI=1S/C21H26N2O5S/c1-12-4-3-5-13(2)23(12)29(26,27)15-8-6-14(7-9-15)22-20(24)18-16-10-11-17(28-16)19(18)21(22)25/h6-9,12-13,16-19H,3-5,10-11H2,1-2H3/t12-,13-,16+,17+,18-,19+/m1/s1. The highest BCUT2D eigenvalue weighted by Gasteiger charge is 2.62. The third kappa shape index (κ3) is 2.72.